The second-order valence-corrected chi connectivity index (χ2v) is 5.10. The first-order valence-electron chi connectivity index (χ1n) is 6.47. The van der Waals surface area contributed by atoms with E-state index in [0.717, 1.165) is 22.6 Å². The SMILES string of the molecule is Cc1nn(C)c(C)c1C(NN)c1ccnn1C(C)C. The molecule has 19 heavy (non-hydrogen) atoms. The van der Waals surface area contributed by atoms with Gasteiger partial charge in [0.15, 0.2) is 0 Å². The van der Waals surface area contributed by atoms with Crippen molar-refractivity contribution < 1.29 is 0 Å². The quantitative estimate of drug-likeness (QED) is 0.644. The molecule has 0 aliphatic rings. The van der Waals surface area contributed by atoms with Crippen LogP contribution in [-0.4, -0.2) is 19.6 Å². The van der Waals surface area contributed by atoms with Crippen LogP contribution in [0, 0.1) is 13.8 Å². The molecular formula is C13H22N6. The van der Waals surface area contributed by atoms with E-state index in [0.29, 0.717) is 0 Å². The summed E-state index contributed by atoms with van der Waals surface area (Å²) in [5, 5.41) is 8.83. The maximum Gasteiger partial charge on any atom is 0.0914 e. The first kappa shape index (κ1) is 13.8. The molecule has 6 heteroatoms. The van der Waals surface area contributed by atoms with E-state index >= 15 is 0 Å². The Balaban J connectivity index is 2.53. The van der Waals surface area contributed by atoms with E-state index in [-0.39, 0.29) is 12.1 Å². The Morgan fingerprint density at radius 1 is 1.32 bits per heavy atom. The summed E-state index contributed by atoms with van der Waals surface area (Å²) in [6.07, 6.45) is 1.81. The molecule has 0 saturated heterocycles. The number of hydrazine groups is 1. The van der Waals surface area contributed by atoms with Crippen molar-refractivity contribution in [1.29, 1.82) is 0 Å². The fourth-order valence-corrected chi connectivity index (χ4v) is 2.51. The van der Waals surface area contributed by atoms with Crippen LogP contribution in [0.4, 0.5) is 0 Å². The van der Waals surface area contributed by atoms with Gasteiger partial charge in [-0.05, 0) is 33.8 Å². The van der Waals surface area contributed by atoms with E-state index in [2.05, 4.69) is 36.4 Å². The average molecular weight is 262 g/mol. The first-order valence-corrected chi connectivity index (χ1v) is 6.47. The number of nitrogens with one attached hydrogen (secondary N) is 1. The van der Waals surface area contributed by atoms with Crippen molar-refractivity contribution in [3.8, 4) is 0 Å². The van der Waals surface area contributed by atoms with Gasteiger partial charge in [-0.1, -0.05) is 0 Å². The smallest absolute Gasteiger partial charge is 0.0914 e. The average Bonchev–Trinajstić information content (AvgIpc) is 2.91. The molecule has 0 bridgehead atoms. The lowest BCUT2D eigenvalue weighted by Gasteiger charge is -2.20. The van der Waals surface area contributed by atoms with Gasteiger partial charge in [0.05, 0.1) is 17.4 Å². The summed E-state index contributed by atoms with van der Waals surface area (Å²) in [5.41, 5.74) is 7.16. The zero-order valence-electron chi connectivity index (χ0n) is 12.2. The normalized spacial score (nSPS) is 13.2. The lowest BCUT2D eigenvalue weighted by atomic mass is 10.0. The van der Waals surface area contributed by atoms with Gasteiger partial charge in [0.25, 0.3) is 0 Å². The topological polar surface area (TPSA) is 73.7 Å². The fourth-order valence-electron chi connectivity index (χ4n) is 2.51. The summed E-state index contributed by atoms with van der Waals surface area (Å²) >= 11 is 0. The van der Waals surface area contributed by atoms with E-state index in [1.54, 1.807) is 6.20 Å². The van der Waals surface area contributed by atoms with Crippen molar-refractivity contribution in [3.63, 3.8) is 0 Å². The summed E-state index contributed by atoms with van der Waals surface area (Å²) in [4.78, 5) is 0. The third kappa shape index (κ3) is 2.29. The molecule has 2 aromatic rings. The summed E-state index contributed by atoms with van der Waals surface area (Å²) < 4.78 is 3.86. The van der Waals surface area contributed by atoms with Crippen molar-refractivity contribution in [2.24, 2.45) is 12.9 Å². The lowest BCUT2D eigenvalue weighted by Crippen LogP contribution is -2.31. The van der Waals surface area contributed by atoms with Crippen molar-refractivity contribution in [2.45, 2.75) is 39.8 Å². The Morgan fingerprint density at radius 3 is 2.47 bits per heavy atom. The minimum atomic E-state index is -0.0985. The molecule has 0 saturated carbocycles. The van der Waals surface area contributed by atoms with Crippen LogP contribution in [0.1, 0.15) is 48.6 Å². The number of hydrogen-bond acceptors (Lipinski definition) is 4. The highest BCUT2D eigenvalue weighted by Crippen LogP contribution is 2.27. The van der Waals surface area contributed by atoms with Crippen molar-refractivity contribution >= 4 is 0 Å². The summed E-state index contributed by atoms with van der Waals surface area (Å²) in [7, 11) is 1.94. The Hall–Kier alpha value is -1.66. The molecule has 1 atom stereocenters. The summed E-state index contributed by atoms with van der Waals surface area (Å²) in [5.74, 6) is 5.78. The maximum atomic E-state index is 5.78. The van der Waals surface area contributed by atoms with Gasteiger partial charge in [0.1, 0.15) is 0 Å². The predicted octanol–water partition coefficient (Wildman–Crippen LogP) is 1.37. The van der Waals surface area contributed by atoms with Crippen LogP contribution in [0.2, 0.25) is 0 Å². The molecule has 0 fully saturated rings. The number of aromatic nitrogens is 4. The molecule has 0 amide bonds. The van der Waals surface area contributed by atoms with Crippen LogP contribution in [0.5, 0.6) is 0 Å². The number of rotatable bonds is 4. The second kappa shape index (κ2) is 5.14. The predicted molar refractivity (Wildman–Crippen MR) is 74.5 cm³/mol. The minimum Gasteiger partial charge on any atom is -0.272 e. The van der Waals surface area contributed by atoms with Crippen molar-refractivity contribution in [3.05, 3.63) is 34.9 Å². The van der Waals surface area contributed by atoms with Gasteiger partial charge in [-0.2, -0.15) is 10.2 Å². The summed E-state index contributed by atoms with van der Waals surface area (Å²) in [6, 6.07) is 2.19. The third-order valence-electron chi connectivity index (χ3n) is 3.51. The number of hydrogen-bond donors (Lipinski definition) is 2. The molecule has 0 spiro atoms. The standard InChI is InChI=1S/C13H22N6/c1-8(2)19-11(6-7-15-19)13(16-14)12-9(3)17-18(5)10(12)4/h6-8,13,16H,14H2,1-5H3. The number of aryl methyl sites for hydroxylation is 2. The molecule has 0 aliphatic carbocycles. The number of nitrogens with two attached hydrogens (primary N) is 1. The third-order valence-corrected chi connectivity index (χ3v) is 3.51. The van der Waals surface area contributed by atoms with Gasteiger partial charge in [0.2, 0.25) is 0 Å². The van der Waals surface area contributed by atoms with Gasteiger partial charge < -0.3 is 0 Å². The maximum absolute atomic E-state index is 5.78. The van der Waals surface area contributed by atoms with Gasteiger partial charge in [-0.15, -0.1) is 0 Å². The first-order chi connectivity index (χ1) is 8.97. The monoisotopic (exact) mass is 262 g/mol. The van der Waals surface area contributed by atoms with E-state index in [4.69, 9.17) is 5.84 Å². The van der Waals surface area contributed by atoms with Gasteiger partial charge in [0, 0.05) is 30.5 Å². The Bertz CT molecular complexity index is 566. The fraction of sp³-hybridized carbons (Fsp3) is 0.538. The van der Waals surface area contributed by atoms with Crippen molar-refractivity contribution in [1.82, 2.24) is 25.0 Å². The van der Waals surface area contributed by atoms with Gasteiger partial charge >= 0.3 is 0 Å². The van der Waals surface area contributed by atoms with E-state index < -0.39 is 0 Å². The molecule has 2 aromatic heterocycles. The molecule has 3 N–H and O–H groups in total. The highest BCUT2D eigenvalue weighted by Gasteiger charge is 2.24. The molecule has 2 heterocycles. The summed E-state index contributed by atoms with van der Waals surface area (Å²) in [6.45, 7) is 8.26. The van der Waals surface area contributed by atoms with Gasteiger partial charge in [-0.3, -0.25) is 15.2 Å². The Morgan fingerprint density at radius 2 is 2.00 bits per heavy atom. The molecule has 0 aromatic carbocycles. The largest absolute Gasteiger partial charge is 0.272 e. The van der Waals surface area contributed by atoms with Crippen molar-refractivity contribution in [2.75, 3.05) is 0 Å². The molecule has 1 unspecified atom stereocenters. The highest BCUT2D eigenvalue weighted by atomic mass is 15.3. The number of nitrogens with zero attached hydrogens (tertiary/aromatic N) is 4. The molecular weight excluding hydrogens is 240 g/mol. The highest BCUT2D eigenvalue weighted by molar-refractivity contribution is 5.34. The van der Waals surface area contributed by atoms with E-state index in [1.165, 1.54) is 0 Å². The zero-order chi connectivity index (χ0) is 14.2. The lowest BCUT2D eigenvalue weighted by molar-refractivity contribution is 0.475. The van der Waals surface area contributed by atoms with Crippen LogP contribution in [0.3, 0.4) is 0 Å². The van der Waals surface area contributed by atoms with Crippen LogP contribution in [0.15, 0.2) is 12.3 Å². The molecule has 0 radical (unpaired) electrons. The zero-order valence-corrected chi connectivity index (χ0v) is 12.2. The van der Waals surface area contributed by atoms with Crippen LogP contribution in [0.25, 0.3) is 0 Å². The molecule has 0 aliphatic heterocycles. The molecule has 104 valence electrons. The van der Waals surface area contributed by atoms with Crippen LogP contribution in [-0.2, 0) is 7.05 Å². The van der Waals surface area contributed by atoms with E-state index in [1.807, 2.05) is 29.4 Å². The minimum absolute atomic E-state index is 0.0985. The Kier molecular flexibility index (Phi) is 3.73. The second-order valence-electron chi connectivity index (χ2n) is 5.10. The van der Waals surface area contributed by atoms with Crippen LogP contribution >= 0.6 is 0 Å². The Labute approximate surface area is 113 Å². The van der Waals surface area contributed by atoms with E-state index in [9.17, 15) is 0 Å². The molecule has 6 nitrogen and oxygen atoms in total. The van der Waals surface area contributed by atoms with Gasteiger partial charge in [-0.25, -0.2) is 5.43 Å². The van der Waals surface area contributed by atoms with Crippen LogP contribution < -0.4 is 11.3 Å². The molecule has 2 rings (SSSR count).